The van der Waals surface area contributed by atoms with Crippen LogP contribution in [0, 0.1) is 5.82 Å². The van der Waals surface area contributed by atoms with Gasteiger partial charge in [-0.05, 0) is 95.2 Å². The van der Waals surface area contributed by atoms with E-state index in [1.165, 1.54) is 12.3 Å². The van der Waals surface area contributed by atoms with Gasteiger partial charge in [-0.2, -0.15) is 0 Å². The number of nitrogens with one attached hydrogen (secondary N) is 1. The lowest BCUT2D eigenvalue weighted by molar-refractivity contribution is 0.257. The Morgan fingerprint density at radius 3 is 2.55 bits per heavy atom. The fourth-order valence-corrected chi connectivity index (χ4v) is 4.40. The minimum Gasteiger partial charge on any atom is -0.403 e. The van der Waals surface area contributed by atoms with E-state index < -0.39 is 0 Å². The van der Waals surface area contributed by atoms with Crippen molar-refractivity contribution in [1.29, 1.82) is 0 Å². The number of anilines is 1. The summed E-state index contributed by atoms with van der Waals surface area (Å²) in [6.07, 6.45) is 10.6. The normalized spacial score (nSPS) is 16.4. The van der Waals surface area contributed by atoms with Crippen LogP contribution in [-0.2, 0) is 6.42 Å². The second-order valence-electron chi connectivity index (χ2n) is 9.99. The Balaban J connectivity index is 1.95. The lowest BCUT2D eigenvalue weighted by atomic mass is 9.98. The SMILES string of the molecule is C=N/C(C)=C\C=NCCc1ccc(/C(C=NC(C=NC2CCN(C)CC2)=CN)=C(/N=C)c2cccc(NC)c2)cc1F. The van der Waals surface area contributed by atoms with Gasteiger partial charge in [0.15, 0.2) is 0 Å². The third-order valence-corrected chi connectivity index (χ3v) is 7.00. The molecule has 2 aromatic rings. The van der Waals surface area contributed by atoms with Crippen LogP contribution in [-0.4, -0.2) is 76.8 Å². The number of allylic oxidation sites excluding steroid dienone is 4. The monoisotopic (exact) mass is 568 g/mol. The predicted octanol–water partition coefficient (Wildman–Crippen LogP) is 5.69. The molecular weight excluding hydrogens is 527 g/mol. The number of benzene rings is 2. The first-order chi connectivity index (χ1) is 20.4. The van der Waals surface area contributed by atoms with E-state index in [4.69, 9.17) is 10.7 Å². The van der Waals surface area contributed by atoms with Crippen LogP contribution < -0.4 is 11.1 Å². The van der Waals surface area contributed by atoms with E-state index in [0.717, 1.165) is 42.9 Å². The first-order valence-electron chi connectivity index (χ1n) is 14.0. The average molecular weight is 569 g/mol. The van der Waals surface area contributed by atoms with E-state index in [9.17, 15) is 0 Å². The minimum atomic E-state index is -0.334. The van der Waals surface area contributed by atoms with Crippen LogP contribution in [0.4, 0.5) is 10.1 Å². The molecule has 3 N–H and O–H groups in total. The maximum absolute atomic E-state index is 15.3. The number of piperidine rings is 1. The highest BCUT2D eigenvalue weighted by molar-refractivity contribution is 6.20. The summed E-state index contributed by atoms with van der Waals surface area (Å²) in [5.74, 6) is -0.334. The Kier molecular flexibility index (Phi) is 12.7. The lowest BCUT2D eigenvalue weighted by Crippen LogP contribution is -2.32. The van der Waals surface area contributed by atoms with Crippen molar-refractivity contribution in [1.82, 2.24) is 4.90 Å². The van der Waals surface area contributed by atoms with Gasteiger partial charge < -0.3 is 16.0 Å². The third-order valence-electron chi connectivity index (χ3n) is 7.00. The number of hydrogen-bond donors (Lipinski definition) is 2. The molecule has 1 saturated heterocycles. The van der Waals surface area contributed by atoms with E-state index in [0.29, 0.717) is 41.1 Å². The molecule has 2 aromatic carbocycles. The van der Waals surface area contributed by atoms with Crippen LogP contribution in [0.5, 0.6) is 0 Å². The summed E-state index contributed by atoms with van der Waals surface area (Å²) in [6.45, 7) is 11.6. The number of likely N-dealkylation sites (tertiary alicyclic amines) is 1. The molecule has 9 heteroatoms. The standard InChI is InChI=1S/C33H41FN8/c1-24(36-2)11-15-39-16-12-25-9-10-26(20-32(25)34)31(33(38-4)27-7-6-8-29(19-27)37-3)23-41-30(21-35)22-40-28-13-17-42(5)18-14-28/h6-11,15,19-23,28,37H,2,4,12-14,16-18,35H2,1,3,5H3/b24-11-,30-21?,33-31+,39-15?,40-22?,41-23?. The van der Waals surface area contributed by atoms with E-state index in [1.807, 2.05) is 44.3 Å². The van der Waals surface area contributed by atoms with E-state index in [-0.39, 0.29) is 11.9 Å². The van der Waals surface area contributed by atoms with Crippen molar-refractivity contribution in [2.24, 2.45) is 30.7 Å². The Morgan fingerprint density at radius 1 is 1.10 bits per heavy atom. The molecular formula is C33H41FN8. The molecule has 0 amide bonds. The van der Waals surface area contributed by atoms with Crippen molar-refractivity contribution in [2.45, 2.75) is 32.2 Å². The highest BCUT2D eigenvalue weighted by Crippen LogP contribution is 2.29. The van der Waals surface area contributed by atoms with E-state index >= 15 is 4.39 Å². The van der Waals surface area contributed by atoms with Crippen LogP contribution >= 0.6 is 0 Å². The zero-order valence-electron chi connectivity index (χ0n) is 24.8. The lowest BCUT2D eigenvalue weighted by Gasteiger charge is -2.26. The molecule has 1 fully saturated rings. The van der Waals surface area contributed by atoms with Crippen LogP contribution in [0.25, 0.3) is 11.3 Å². The summed E-state index contributed by atoms with van der Waals surface area (Å²) in [7, 11) is 3.96. The van der Waals surface area contributed by atoms with Crippen molar-refractivity contribution in [3.63, 3.8) is 0 Å². The summed E-state index contributed by atoms with van der Waals surface area (Å²) in [6, 6.07) is 13.1. The summed E-state index contributed by atoms with van der Waals surface area (Å²) in [5, 5.41) is 3.14. The van der Waals surface area contributed by atoms with Crippen molar-refractivity contribution in [2.75, 3.05) is 39.0 Å². The van der Waals surface area contributed by atoms with Crippen molar-refractivity contribution >= 4 is 49.0 Å². The molecule has 0 spiro atoms. The van der Waals surface area contributed by atoms with Crippen LogP contribution in [0.15, 0.2) is 91.1 Å². The first kappa shape index (κ1) is 32.0. The Bertz CT molecular complexity index is 1410. The van der Waals surface area contributed by atoms with Crippen LogP contribution in [0.2, 0.25) is 0 Å². The van der Waals surface area contributed by atoms with Crippen molar-refractivity contribution < 1.29 is 4.39 Å². The average Bonchev–Trinajstić information content (AvgIpc) is 3.01. The molecule has 0 radical (unpaired) electrons. The van der Waals surface area contributed by atoms with Gasteiger partial charge in [0.2, 0.25) is 0 Å². The number of nitrogens with two attached hydrogens (primary N) is 1. The predicted molar refractivity (Wildman–Crippen MR) is 179 cm³/mol. The van der Waals surface area contributed by atoms with E-state index in [2.05, 4.69) is 50.7 Å². The van der Waals surface area contributed by atoms with Gasteiger partial charge in [-0.15, -0.1) is 0 Å². The van der Waals surface area contributed by atoms with Gasteiger partial charge in [-0.3, -0.25) is 25.0 Å². The zero-order valence-corrected chi connectivity index (χ0v) is 24.8. The zero-order chi connectivity index (χ0) is 30.3. The van der Waals surface area contributed by atoms with Crippen molar-refractivity contribution in [3.8, 4) is 0 Å². The molecule has 0 aromatic heterocycles. The van der Waals surface area contributed by atoms with Gasteiger partial charge in [0, 0.05) is 61.0 Å². The Labute approximate surface area is 248 Å². The number of rotatable bonds is 13. The highest BCUT2D eigenvalue weighted by Gasteiger charge is 2.15. The quantitative estimate of drug-likeness (QED) is 0.240. The maximum atomic E-state index is 15.3. The van der Waals surface area contributed by atoms with Crippen LogP contribution in [0.1, 0.15) is 36.5 Å². The van der Waals surface area contributed by atoms with Gasteiger partial charge in [-0.1, -0.05) is 24.3 Å². The fraction of sp³-hybridized carbons (Fsp3) is 0.303. The largest absolute Gasteiger partial charge is 0.403 e. The number of nitrogens with zero attached hydrogens (tertiary/aromatic N) is 6. The molecule has 1 aliphatic rings. The number of aliphatic imine (C=N–C) groups is 5. The molecule has 1 aliphatic heterocycles. The Hall–Kier alpha value is -4.50. The molecule has 0 unspecified atom stereocenters. The first-order valence-corrected chi connectivity index (χ1v) is 14.0. The molecule has 3 rings (SSSR count). The molecule has 0 aliphatic carbocycles. The van der Waals surface area contributed by atoms with Crippen LogP contribution in [0.3, 0.4) is 0 Å². The van der Waals surface area contributed by atoms with E-state index in [1.54, 1.807) is 30.8 Å². The van der Waals surface area contributed by atoms with Gasteiger partial charge in [0.1, 0.15) is 5.82 Å². The summed E-state index contributed by atoms with van der Waals surface area (Å²) in [4.78, 5) is 24.1. The number of halogens is 1. The number of hydrogen-bond acceptors (Lipinski definition) is 8. The molecule has 220 valence electrons. The molecule has 1 heterocycles. The van der Waals surface area contributed by atoms with Gasteiger partial charge >= 0.3 is 0 Å². The Morgan fingerprint density at radius 2 is 1.88 bits per heavy atom. The second kappa shape index (κ2) is 16.7. The molecule has 0 bridgehead atoms. The molecule has 42 heavy (non-hydrogen) atoms. The molecule has 8 nitrogen and oxygen atoms in total. The fourth-order valence-electron chi connectivity index (χ4n) is 4.40. The smallest absolute Gasteiger partial charge is 0.127 e. The van der Waals surface area contributed by atoms with Gasteiger partial charge in [-0.25, -0.2) is 4.39 Å². The summed E-state index contributed by atoms with van der Waals surface area (Å²) in [5.41, 5.74) is 11.2. The third kappa shape index (κ3) is 9.55. The highest BCUT2D eigenvalue weighted by atomic mass is 19.1. The summed E-state index contributed by atoms with van der Waals surface area (Å²) < 4.78 is 15.3. The topological polar surface area (TPSA) is 103 Å². The van der Waals surface area contributed by atoms with Gasteiger partial charge in [0.05, 0.1) is 17.4 Å². The second-order valence-corrected chi connectivity index (χ2v) is 9.99. The molecule has 0 saturated carbocycles. The minimum absolute atomic E-state index is 0.237. The van der Waals surface area contributed by atoms with Gasteiger partial charge in [0.25, 0.3) is 0 Å². The van der Waals surface area contributed by atoms with Crippen molar-refractivity contribution in [3.05, 3.63) is 88.6 Å². The summed E-state index contributed by atoms with van der Waals surface area (Å²) >= 11 is 0. The maximum Gasteiger partial charge on any atom is 0.127 e. The molecule has 0 atom stereocenters.